The van der Waals surface area contributed by atoms with E-state index in [9.17, 15) is 13.2 Å². The summed E-state index contributed by atoms with van der Waals surface area (Å²) in [5.41, 5.74) is 3.52. The lowest BCUT2D eigenvalue weighted by Crippen LogP contribution is -2.12. The van der Waals surface area contributed by atoms with Gasteiger partial charge in [0.1, 0.15) is 0 Å². The predicted molar refractivity (Wildman–Crippen MR) is 85.5 cm³/mol. The maximum absolute atomic E-state index is 12.1. The van der Waals surface area contributed by atoms with Crippen molar-refractivity contribution in [1.82, 2.24) is 0 Å². The lowest BCUT2D eigenvalue weighted by Gasteiger charge is -2.03. The van der Waals surface area contributed by atoms with Crippen molar-refractivity contribution >= 4 is 33.3 Å². The first-order valence-electron chi connectivity index (χ1n) is 6.61. The van der Waals surface area contributed by atoms with Crippen LogP contribution in [0.15, 0.2) is 47.4 Å². The molecule has 0 aliphatic carbocycles. The number of primary sulfonamides is 1. The fourth-order valence-electron chi connectivity index (χ4n) is 2.32. The number of amides is 1. The summed E-state index contributed by atoms with van der Waals surface area (Å²) in [7, 11) is -3.81. The molecule has 1 heterocycles. The van der Waals surface area contributed by atoms with Crippen molar-refractivity contribution in [2.75, 3.05) is 5.32 Å². The normalized spacial score (nSPS) is 15.7. The minimum Gasteiger partial charge on any atom is -0.321 e. The van der Waals surface area contributed by atoms with Crippen molar-refractivity contribution in [1.29, 1.82) is 0 Å². The third-order valence-electron chi connectivity index (χ3n) is 3.49. The Bertz CT molecular complexity index is 897. The van der Waals surface area contributed by atoms with Gasteiger partial charge >= 0.3 is 0 Å². The van der Waals surface area contributed by atoms with Crippen molar-refractivity contribution in [3.8, 4) is 0 Å². The number of fused-ring (bicyclic) bond motifs is 1. The molecule has 5 nitrogen and oxygen atoms in total. The minimum absolute atomic E-state index is 0.0162. The van der Waals surface area contributed by atoms with E-state index in [4.69, 9.17) is 5.14 Å². The molecule has 0 fully saturated rings. The van der Waals surface area contributed by atoms with E-state index in [1.165, 1.54) is 12.1 Å². The van der Waals surface area contributed by atoms with E-state index in [0.29, 0.717) is 16.8 Å². The van der Waals surface area contributed by atoms with E-state index in [-0.39, 0.29) is 10.8 Å². The Morgan fingerprint density at radius 2 is 1.77 bits per heavy atom. The van der Waals surface area contributed by atoms with Gasteiger partial charge in [0.2, 0.25) is 10.0 Å². The third-order valence-corrected chi connectivity index (χ3v) is 4.40. The van der Waals surface area contributed by atoms with Crippen LogP contribution in [0, 0.1) is 6.92 Å². The zero-order valence-corrected chi connectivity index (χ0v) is 12.6. The zero-order valence-electron chi connectivity index (χ0n) is 11.8. The van der Waals surface area contributed by atoms with Crippen molar-refractivity contribution in [3.05, 3.63) is 59.2 Å². The summed E-state index contributed by atoms with van der Waals surface area (Å²) in [6, 6.07) is 12.0. The fraction of sp³-hybridized carbons (Fsp3) is 0.0625. The highest BCUT2D eigenvalue weighted by Gasteiger charge is 2.25. The number of rotatable bonds is 2. The number of nitrogens with one attached hydrogen (secondary N) is 1. The van der Waals surface area contributed by atoms with Gasteiger partial charge in [-0.15, -0.1) is 0 Å². The molecule has 3 rings (SSSR count). The molecule has 0 unspecified atom stereocenters. The number of benzene rings is 2. The number of hydrogen-bond acceptors (Lipinski definition) is 3. The van der Waals surface area contributed by atoms with Crippen molar-refractivity contribution in [3.63, 3.8) is 0 Å². The van der Waals surface area contributed by atoms with Crippen LogP contribution in [0.5, 0.6) is 0 Å². The quantitative estimate of drug-likeness (QED) is 0.832. The predicted octanol–water partition coefficient (Wildman–Crippen LogP) is 2.14. The molecular formula is C16H14N2O3S. The molecule has 6 heteroatoms. The second kappa shape index (κ2) is 5.08. The Kier molecular flexibility index (Phi) is 3.35. The molecule has 0 radical (unpaired) electrons. The van der Waals surface area contributed by atoms with E-state index in [1.807, 2.05) is 31.2 Å². The minimum atomic E-state index is -3.81. The van der Waals surface area contributed by atoms with Crippen LogP contribution >= 0.6 is 0 Å². The van der Waals surface area contributed by atoms with Crippen molar-refractivity contribution < 1.29 is 13.2 Å². The molecule has 0 atom stereocenters. The average Bonchev–Trinajstić information content (AvgIpc) is 2.76. The third kappa shape index (κ3) is 2.66. The molecule has 0 saturated carbocycles. The summed E-state index contributed by atoms with van der Waals surface area (Å²) in [5, 5.41) is 7.86. The zero-order chi connectivity index (χ0) is 15.9. The van der Waals surface area contributed by atoms with Crippen LogP contribution in [-0.4, -0.2) is 14.3 Å². The van der Waals surface area contributed by atoms with Gasteiger partial charge in [0.05, 0.1) is 4.90 Å². The lowest BCUT2D eigenvalue weighted by atomic mass is 10.0. The second-order valence-electron chi connectivity index (χ2n) is 5.18. The molecule has 1 aliphatic rings. The van der Waals surface area contributed by atoms with Crippen LogP contribution in [0.2, 0.25) is 0 Å². The number of sulfonamides is 1. The number of carbonyl (C=O) groups excluding carboxylic acids is 1. The molecule has 0 bridgehead atoms. The summed E-state index contributed by atoms with van der Waals surface area (Å²) < 4.78 is 22.9. The summed E-state index contributed by atoms with van der Waals surface area (Å²) in [4.78, 5) is 12.1. The molecule has 0 saturated heterocycles. The standard InChI is InChI=1S/C16H14N2O3S/c1-10-2-4-11(5-3-10)8-14-13-9-12(22(17,20)21)6-7-15(13)18-16(14)19/h2-9H,1H3,(H,18,19)(H2,17,20,21). The Labute approximate surface area is 128 Å². The second-order valence-corrected chi connectivity index (χ2v) is 6.74. The van der Waals surface area contributed by atoms with E-state index in [2.05, 4.69) is 5.32 Å². The first kappa shape index (κ1) is 14.5. The van der Waals surface area contributed by atoms with E-state index in [1.54, 1.807) is 12.1 Å². The molecule has 0 aromatic heterocycles. The summed E-state index contributed by atoms with van der Waals surface area (Å²) in [5.74, 6) is -0.262. The Hall–Kier alpha value is -2.44. The number of hydrogen-bond donors (Lipinski definition) is 2. The van der Waals surface area contributed by atoms with Crippen LogP contribution < -0.4 is 10.5 Å². The number of carbonyl (C=O) groups is 1. The largest absolute Gasteiger partial charge is 0.321 e. The van der Waals surface area contributed by atoms with Gasteiger partial charge in [-0.2, -0.15) is 0 Å². The number of nitrogens with two attached hydrogens (primary N) is 1. The maximum atomic E-state index is 12.1. The molecule has 1 amide bonds. The lowest BCUT2D eigenvalue weighted by molar-refractivity contribution is -0.110. The summed E-state index contributed by atoms with van der Waals surface area (Å²) in [6.45, 7) is 1.98. The van der Waals surface area contributed by atoms with E-state index in [0.717, 1.165) is 11.1 Å². The Balaban J connectivity index is 2.12. The highest BCUT2D eigenvalue weighted by atomic mass is 32.2. The molecule has 2 aromatic carbocycles. The van der Waals surface area contributed by atoms with Gasteiger partial charge in [-0.05, 0) is 36.8 Å². The molecule has 22 heavy (non-hydrogen) atoms. The van der Waals surface area contributed by atoms with Gasteiger partial charge in [0, 0.05) is 16.8 Å². The topological polar surface area (TPSA) is 89.3 Å². The monoisotopic (exact) mass is 314 g/mol. The highest BCUT2D eigenvalue weighted by molar-refractivity contribution is 7.89. The average molecular weight is 314 g/mol. The Morgan fingerprint density at radius 3 is 2.41 bits per heavy atom. The van der Waals surface area contributed by atoms with Crippen molar-refractivity contribution in [2.24, 2.45) is 5.14 Å². The highest BCUT2D eigenvalue weighted by Crippen LogP contribution is 2.34. The van der Waals surface area contributed by atoms with Crippen LogP contribution in [0.3, 0.4) is 0 Å². The van der Waals surface area contributed by atoms with Gasteiger partial charge in [0.25, 0.3) is 5.91 Å². The van der Waals surface area contributed by atoms with Gasteiger partial charge in [0.15, 0.2) is 0 Å². The van der Waals surface area contributed by atoms with E-state index < -0.39 is 10.0 Å². The summed E-state index contributed by atoms with van der Waals surface area (Å²) >= 11 is 0. The maximum Gasteiger partial charge on any atom is 0.256 e. The van der Waals surface area contributed by atoms with Crippen LogP contribution in [0.1, 0.15) is 16.7 Å². The smallest absolute Gasteiger partial charge is 0.256 e. The fourth-order valence-corrected chi connectivity index (χ4v) is 2.86. The van der Waals surface area contributed by atoms with Crippen molar-refractivity contribution in [2.45, 2.75) is 11.8 Å². The van der Waals surface area contributed by atoms with Gasteiger partial charge in [-0.25, -0.2) is 13.6 Å². The Morgan fingerprint density at radius 1 is 1.09 bits per heavy atom. The van der Waals surface area contributed by atoms with Crippen LogP contribution in [0.25, 0.3) is 11.6 Å². The number of anilines is 1. The molecule has 0 spiro atoms. The van der Waals surface area contributed by atoms with Crippen LogP contribution in [-0.2, 0) is 14.8 Å². The van der Waals surface area contributed by atoms with E-state index >= 15 is 0 Å². The molecule has 1 aliphatic heterocycles. The van der Waals surface area contributed by atoms with Gasteiger partial charge in [-0.1, -0.05) is 29.8 Å². The SMILES string of the molecule is Cc1ccc(C=C2C(=O)Nc3ccc(S(N)(=O)=O)cc32)cc1. The van der Waals surface area contributed by atoms with Gasteiger partial charge < -0.3 is 5.32 Å². The molecule has 3 N–H and O–H groups in total. The molecule has 112 valence electrons. The van der Waals surface area contributed by atoms with Gasteiger partial charge in [-0.3, -0.25) is 4.79 Å². The molecular weight excluding hydrogens is 300 g/mol. The first-order chi connectivity index (χ1) is 10.3. The summed E-state index contributed by atoms with van der Waals surface area (Å²) in [6.07, 6.45) is 1.73. The van der Waals surface area contributed by atoms with Crippen LogP contribution in [0.4, 0.5) is 5.69 Å². The first-order valence-corrected chi connectivity index (χ1v) is 8.16. The molecule has 2 aromatic rings. The number of aryl methyl sites for hydroxylation is 1.